The van der Waals surface area contributed by atoms with Gasteiger partial charge in [0.25, 0.3) is 0 Å². The molecule has 1 aromatic heterocycles. The van der Waals surface area contributed by atoms with Gasteiger partial charge in [-0.15, -0.1) is 0 Å². The van der Waals surface area contributed by atoms with Gasteiger partial charge in [0.15, 0.2) is 0 Å². The molecule has 0 amide bonds. The summed E-state index contributed by atoms with van der Waals surface area (Å²) in [4.78, 5) is 11.1. The molecule has 0 unspecified atom stereocenters. The largest absolute Gasteiger partial charge is 0.335 e. The predicted molar refractivity (Wildman–Crippen MR) is 103 cm³/mol. The number of thiol groups is 1. The van der Waals surface area contributed by atoms with Gasteiger partial charge >= 0.3 is 0 Å². The van der Waals surface area contributed by atoms with E-state index >= 15 is 0 Å². The van der Waals surface area contributed by atoms with Crippen LogP contribution in [0.25, 0.3) is 0 Å². The van der Waals surface area contributed by atoms with Gasteiger partial charge in [0.1, 0.15) is 11.6 Å². The van der Waals surface area contributed by atoms with Crippen molar-refractivity contribution < 1.29 is 8.78 Å². The third-order valence-electron chi connectivity index (χ3n) is 4.58. The first kappa shape index (κ1) is 19.0. The fourth-order valence-electron chi connectivity index (χ4n) is 3.30. The molecule has 2 atom stereocenters. The van der Waals surface area contributed by atoms with E-state index in [9.17, 15) is 8.78 Å². The molecule has 1 aliphatic rings. The first-order chi connectivity index (χ1) is 12.6. The van der Waals surface area contributed by atoms with Crippen LogP contribution in [0.15, 0.2) is 30.6 Å². The second kappa shape index (κ2) is 8.77. The number of rotatable bonds is 7. The van der Waals surface area contributed by atoms with E-state index in [-0.39, 0.29) is 17.8 Å². The molecule has 1 aliphatic heterocycles. The van der Waals surface area contributed by atoms with Crippen molar-refractivity contribution in [3.63, 3.8) is 0 Å². The topological polar surface area (TPSA) is 41.1 Å². The zero-order valence-corrected chi connectivity index (χ0v) is 15.7. The number of hydrogen-bond acceptors (Lipinski definition) is 5. The highest BCUT2D eigenvalue weighted by Crippen LogP contribution is 2.25. The number of aryl methyl sites for hydroxylation is 1. The average Bonchev–Trinajstić information content (AvgIpc) is 2.99. The molecular weight excluding hydrogens is 354 g/mol. The van der Waals surface area contributed by atoms with E-state index in [0.717, 1.165) is 43.5 Å². The Morgan fingerprint density at radius 2 is 2.04 bits per heavy atom. The standard InChI is InChI=1S/C19H24F2N4S/c1-2-3-13-8-23-19(24-9-13)25-12-17(26)7-16(25)11-22-10-14-6-15(20)4-5-18(14)21/h4-6,8-9,16-17,22,26H,2-3,7,10-12H2,1H3/t16-,17+/m0/s1. The number of nitrogens with one attached hydrogen (secondary N) is 1. The van der Waals surface area contributed by atoms with Crippen molar-refractivity contribution in [2.45, 2.75) is 44.0 Å². The molecule has 0 saturated carbocycles. The molecule has 3 rings (SSSR count). The molecule has 2 heterocycles. The number of hydrogen-bond donors (Lipinski definition) is 2. The number of benzene rings is 1. The highest BCUT2D eigenvalue weighted by atomic mass is 32.1. The first-order valence-electron chi connectivity index (χ1n) is 8.97. The Hall–Kier alpha value is -1.73. The molecule has 1 fully saturated rings. The normalized spacial score (nSPS) is 19.9. The van der Waals surface area contributed by atoms with Crippen LogP contribution in [0.3, 0.4) is 0 Å². The van der Waals surface area contributed by atoms with Crippen LogP contribution in [0.1, 0.15) is 30.9 Å². The number of anilines is 1. The Morgan fingerprint density at radius 1 is 1.27 bits per heavy atom. The van der Waals surface area contributed by atoms with Crippen molar-refractivity contribution in [3.8, 4) is 0 Å². The molecule has 26 heavy (non-hydrogen) atoms. The minimum Gasteiger partial charge on any atom is -0.335 e. The Kier molecular flexibility index (Phi) is 6.43. The third-order valence-corrected chi connectivity index (χ3v) is 4.96. The van der Waals surface area contributed by atoms with E-state index in [4.69, 9.17) is 0 Å². The Labute approximate surface area is 158 Å². The van der Waals surface area contributed by atoms with E-state index in [1.54, 1.807) is 0 Å². The van der Waals surface area contributed by atoms with Gasteiger partial charge in [0.2, 0.25) is 5.95 Å². The SMILES string of the molecule is CCCc1cnc(N2C[C@H](S)C[C@H]2CNCc2cc(F)ccc2F)nc1. The van der Waals surface area contributed by atoms with Crippen molar-refractivity contribution in [1.82, 2.24) is 15.3 Å². The smallest absolute Gasteiger partial charge is 0.225 e. The van der Waals surface area contributed by atoms with Crippen molar-refractivity contribution in [2.75, 3.05) is 18.0 Å². The van der Waals surface area contributed by atoms with Crippen LogP contribution in [0, 0.1) is 11.6 Å². The first-order valence-corrected chi connectivity index (χ1v) is 9.48. The van der Waals surface area contributed by atoms with Gasteiger partial charge in [0, 0.05) is 48.9 Å². The zero-order valence-electron chi connectivity index (χ0n) is 14.8. The summed E-state index contributed by atoms with van der Waals surface area (Å²) in [6.07, 6.45) is 6.68. The Bertz CT molecular complexity index is 726. The highest BCUT2D eigenvalue weighted by molar-refractivity contribution is 7.81. The second-order valence-corrected chi connectivity index (χ2v) is 7.43. The van der Waals surface area contributed by atoms with Crippen LogP contribution in [0.5, 0.6) is 0 Å². The lowest BCUT2D eigenvalue weighted by Crippen LogP contribution is -2.38. The van der Waals surface area contributed by atoms with Gasteiger partial charge in [-0.05, 0) is 36.6 Å². The summed E-state index contributed by atoms with van der Waals surface area (Å²) in [5, 5.41) is 3.47. The molecule has 0 radical (unpaired) electrons. The predicted octanol–water partition coefficient (Wildman–Crippen LogP) is 3.37. The van der Waals surface area contributed by atoms with E-state index in [1.165, 1.54) is 6.07 Å². The molecule has 4 nitrogen and oxygen atoms in total. The molecule has 0 aliphatic carbocycles. The van der Waals surface area contributed by atoms with Crippen molar-refractivity contribution in [2.24, 2.45) is 0 Å². The average molecular weight is 378 g/mol. The van der Waals surface area contributed by atoms with Gasteiger partial charge in [-0.2, -0.15) is 12.6 Å². The van der Waals surface area contributed by atoms with Crippen LogP contribution in [-0.2, 0) is 13.0 Å². The monoisotopic (exact) mass is 378 g/mol. The van der Waals surface area contributed by atoms with E-state index in [1.807, 2.05) is 12.4 Å². The Balaban J connectivity index is 1.61. The summed E-state index contributed by atoms with van der Waals surface area (Å²) in [6.45, 7) is 3.81. The fourth-order valence-corrected chi connectivity index (χ4v) is 3.72. The van der Waals surface area contributed by atoms with Crippen LogP contribution < -0.4 is 10.2 Å². The molecule has 1 saturated heterocycles. The molecule has 0 spiro atoms. The second-order valence-electron chi connectivity index (χ2n) is 6.70. The maximum Gasteiger partial charge on any atom is 0.225 e. The quantitative estimate of drug-likeness (QED) is 0.725. The van der Waals surface area contributed by atoms with Gasteiger partial charge in [-0.25, -0.2) is 18.7 Å². The number of nitrogens with zero attached hydrogens (tertiary/aromatic N) is 3. The maximum atomic E-state index is 13.7. The Morgan fingerprint density at radius 3 is 2.77 bits per heavy atom. The summed E-state index contributed by atoms with van der Waals surface area (Å²) >= 11 is 4.60. The lowest BCUT2D eigenvalue weighted by molar-refractivity contribution is 0.540. The summed E-state index contributed by atoms with van der Waals surface area (Å²) in [5.41, 5.74) is 1.46. The third kappa shape index (κ3) is 4.71. The fraction of sp³-hybridized carbons (Fsp3) is 0.474. The molecule has 0 bridgehead atoms. The van der Waals surface area contributed by atoms with Crippen LogP contribution in [0.4, 0.5) is 14.7 Å². The summed E-state index contributed by atoms with van der Waals surface area (Å²) in [5.74, 6) is -0.129. The van der Waals surface area contributed by atoms with E-state index in [2.05, 4.69) is 39.7 Å². The minimum absolute atomic E-state index is 0.172. The van der Waals surface area contributed by atoms with Gasteiger partial charge < -0.3 is 10.2 Å². The van der Waals surface area contributed by atoms with E-state index < -0.39 is 11.6 Å². The van der Waals surface area contributed by atoms with E-state index in [0.29, 0.717) is 18.1 Å². The highest BCUT2D eigenvalue weighted by Gasteiger charge is 2.31. The molecule has 7 heteroatoms. The maximum absolute atomic E-state index is 13.7. The molecular formula is C19H24F2N4S. The summed E-state index contributed by atoms with van der Waals surface area (Å²) in [7, 11) is 0. The van der Waals surface area contributed by atoms with Crippen LogP contribution >= 0.6 is 12.6 Å². The number of aromatic nitrogens is 2. The summed E-state index contributed by atoms with van der Waals surface area (Å²) in [6, 6.07) is 3.68. The van der Waals surface area contributed by atoms with Crippen LogP contribution in [0.2, 0.25) is 0 Å². The summed E-state index contributed by atoms with van der Waals surface area (Å²) < 4.78 is 27.0. The van der Waals surface area contributed by atoms with Crippen molar-refractivity contribution in [1.29, 1.82) is 0 Å². The molecule has 140 valence electrons. The van der Waals surface area contributed by atoms with Crippen LogP contribution in [-0.4, -0.2) is 34.3 Å². The zero-order chi connectivity index (χ0) is 18.5. The van der Waals surface area contributed by atoms with Crippen molar-refractivity contribution >= 4 is 18.6 Å². The van der Waals surface area contributed by atoms with Gasteiger partial charge in [0.05, 0.1) is 0 Å². The van der Waals surface area contributed by atoms with Gasteiger partial charge in [-0.3, -0.25) is 0 Å². The minimum atomic E-state index is -0.429. The molecule has 1 aromatic carbocycles. The lowest BCUT2D eigenvalue weighted by atomic mass is 10.2. The number of halogens is 2. The molecule has 1 N–H and O–H groups in total. The molecule has 2 aromatic rings. The van der Waals surface area contributed by atoms with Gasteiger partial charge in [-0.1, -0.05) is 13.3 Å². The van der Waals surface area contributed by atoms with Crippen molar-refractivity contribution in [3.05, 3.63) is 53.4 Å². The lowest BCUT2D eigenvalue weighted by Gasteiger charge is -2.25.